The average molecular weight is 325 g/mol. The second kappa shape index (κ2) is 7.52. The first-order valence-corrected chi connectivity index (χ1v) is 8.63. The van der Waals surface area contributed by atoms with E-state index in [1.54, 1.807) is 13.2 Å². The van der Waals surface area contributed by atoms with E-state index in [2.05, 4.69) is 35.7 Å². The molecule has 0 bridgehead atoms. The number of benzene rings is 1. The van der Waals surface area contributed by atoms with Crippen LogP contribution in [0.5, 0.6) is 5.75 Å². The monoisotopic (exact) mass is 325 g/mol. The van der Waals surface area contributed by atoms with Gasteiger partial charge >= 0.3 is 0 Å². The van der Waals surface area contributed by atoms with Crippen molar-refractivity contribution in [3.8, 4) is 5.75 Å². The van der Waals surface area contributed by atoms with Crippen LogP contribution in [-0.2, 0) is 6.42 Å². The van der Waals surface area contributed by atoms with Crippen LogP contribution in [0, 0.1) is 5.82 Å². The van der Waals surface area contributed by atoms with Crippen LogP contribution >= 0.6 is 0 Å². The number of hydrogen-bond acceptors (Lipinski definition) is 2. The van der Waals surface area contributed by atoms with Crippen LogP contribution in [0.3, 0.4) is 0 Å². The largest absolute Gasteiger partial charge is 0.494 e. The second-order valence-corrected chi connectivity index (χ2v) is 6.10. The molecule has 2 aliphatic rings. The van der Waals surface area contributed by atoms with Crippen LogP contribution < -0.4 is 10.1 Å². The van der Waals surface area contributed by atoms with Gasteiger partial charge in [0.05, 0.1) is 12.8 Å². The summed E-state index contributed by atoms with van der Waals surface area (Å²) in [5.41, 5.74) is 5.16. The summed E-state index contributed by atoms with van der Waals surface area (Å²) in [7, 11) is 1.63. The fourth-order valence-corrected chi connectivity index (χ4v) is 3.31. The molecule has 2 aliphatic carbocycles. The van der Waals surface area contributed by atoms with Gasteiger partial charge < -0.3 is 10.1 Å². The van der Waals surface area contributed by atoms with E-state index in [0.29, 0.717) is 5.69 Å². The van der Waals surface area contributed by atoms with Crippen molar-refractivity contribution in [2.45, 2.75) is 39.0 Å². The van der Waals surface area contributed by atoms with E-state index in [0.717, 1.165) is 49.1 Å². The molecule has 0 saturated heterocycles. The topological polar surface area (TPSA) is 21.3 Å². The highest BCUT2D eigenvalue weighted by atomic mass is 19.1. The molecule has 0 radical (unpaired) electrons. The zero-order valence-electron chi connectivity index (χ0n) is 14.4. The third-order valence-corrected chi connectivity index (χ3v) is 4.50. The fraction of sp³-hybridized carbons (Fsp3) is 0.333. The van der Waals surface area contributed by atoms with E-state index in [1.165, 1.54) is 17.2 Å². The van der Waals surface area contributed by atoms with Gasteiger partial charge in [-0.3, -0.25) is 0 Å². The SMILES string of the molecule is CCc1cc(F)cc(NC2=C(C3=CCCC=C3)CCC=C2)c1OC. The molecule has 0 aromatic heterocycles. The lowest BCUT2D eigenvalue weighted by Gasteiger charge is -2.22. The van der Waals surface area contributed by atoms with E-state index in [1.807, 2.05) is 6.92 Å². The Kier molecular flexibility index (Phi) is 5.19. The van der Waals surface area contributed by atoms with Gasteiger partial charge in [-0.1, -0.05) is 31.2 Å². The summed E-state index contributed by atoms with van der Waals surface area (Å²) < 4.78 is 19.5. The van der Waals surface area contributed by atoms with Crippen molar-refractivity contribution in [3.63, 3.8) is 0 Å². The smallest absolute Gasteiger partial charge is 0.145 e. The van der Waals surface area contributed by atoms with Crippen LogP contribution in [0.25, 0.3) is 0 Å². The van der Waals surface area contributed by atoms with Gasteiger partial charge in [-0.25, -0.2) is 4.39 Å². The van der Waals surface area contributed by atoms with Crippen LogP contribution in [0.4, 0.5) is 10.1 Å². The number of halogens is 1. The minimum atomic E-state index is -0.242. The zero-order valence-corrected chi connectivity index (χ0v) is 14.4. The first-order chi connectivity index (χ1) is 11.7. The molecule has 126 valence electrons. The van der Waals surface area contributed by atoms with Crippen molar-refractivity contribution in [2.24, 2.45) is 0 Å². The molecule has 0 fully saturated rings. The number of methoxy groups -OCH3 is 1. The van der Waals surface area contributed by atoms with Gasteiger partial charge in [0.15, 0.2) is 0 Å². The maximum Gasteiger partial charge on any atom is 0.145 e. The molecule has 0 amide bonds. The highest BCUT2D eigenvalue weighted by Crippen LogP contribution is 2.35. The number of allylic oxidation sites excluding steroid dienone is 7. The maximum atomic E-state index is 14.0. The van der Waals surface area contributed by atoms with Gasteiger partial charge in [0, 0.05) is 11.8 Å². The quantitative estimate of drug-likeness (QED) is 0.751. The summed E-state index contributed by atoms with van der Waals surface area (Å²) >= 11 is 0. The Morgan fingerprint density at radius 2 is 1.96 bits per heavy atom. The number of anilines is 1. The van der Waals surface area contributed by atoms with Crippen LogP contribution in [-0.4, -0.2) is 7.11 Å². The zero-order chi connectivity index (χ0) is 16.9. The predicted octanol–water partition coefficient (Wildman–Crippen LogP) is 5.69. The minimum absolute atomic E-state index is 0.242. The van der Waals surface area contributed by atoms with Crippen molar-refractivity contribution in [2.75, 3.05) is 12.4 Å². The number of aryl methyl sites for hydroxylation is 1. The Labute approximate surface area is 143 Å². The number of rotatable bonds is 5. The molecule has 24 heavy (non-hydrogen) atoms. The molecule has 0 atom stereocenters. The van der Waals surface area contributed by atoms with Crippen LogP contribution in [0.2, 0.25) is 0 Å². The summed E-state index contributed by atoms with van der Waals surface area (Å²) in [5.74, 6) is 0.478. The molecule has 0 saturated carbocycles. The van der Waals surface area contributed by atoms with Gasteiger partial charge in [0.2, 0.25) is 0 Å². The molecule has 1 N–H and O–H groups in total. The van der Waals surface area contributed by atoms with E-state index < -0.39 is 0 Å². The number of ether oxygens (including phenoxy) is 1. The molecule has 2 nitrogen and oxygen atoms in total. The summed E-state index contributed by atoms with van der Waals surface area (Å²) in [6.07, 6.45) is 15.9. The van der Waals surface area contributed by atoms with Gasteiger partial charge in [0.25, 0.3) is 0 Å². The third kappa shape index (κ3) is 3.45. The Hall–Kier alpha value is -2.29. The summed E-state index contributed by atoms with van der Waals surface area (Å²) in [5, 5.41) is 3.42. The Morgan fingerprint density at radius 3 is 2.67 bits per heavy atom. The molecular formula is C21H24FNO. The first-order valence-electron chi connectivity index (χ1n) is 8.63. The number of hydrogen-bond donors (Lipinski definition) is 1. The lowest BCUT2D eigenvalue weighted by molar-refractivity contribution is 0.411. The Morgan fingerprint density at radius 1 is 1.12 bits per heavy atom. The summed E-state index contributed by atoms with van der Waals surface area (Å²) in [4.78, 5) is 0. The Balaban J connectivity index is 2.01. The van der Waals surface area contributed by atoms with Gasteiger partial charge in [-0.05, 0) is 61.0 Å². The molecule has 1 aromatic carbocycles. The fourth-order valence-electron chi connectivity index (χ4n) is 3.31. The van der Waals surface area contributed by atoms with E-state index in [9.17, 15) is 4.39 Å². The van der Waals surface area contributed by atoms with E-state index in [-0.39, 0.29) is 5.82 Å². The van der Waals surface area contributed by atoms with Crippen LogP contribution in [0.15, 0.2) is 59.4 Å². The Bertz CT molecular complexity index is 740. The lowest BCUT2D eigenvalue weighted by Crippen LogP contribution is -2.09. The van der Waals surface area contributed by atoms with Crippen molar-refractivity contribution < 1.29 is 9.13 Å². The third-order valence-electron chi connectivity index (χ3n) is 4.50. The van der Waals surface area contributed by atoms with Crippen LogP contribution in [0.1, 0.15) is 38.2 Å². The van der Waals surface area contributed by atoms with Crippen molar-refractivity contribution in [1.82, 2.24) is 0 Å². The molecule has 0 heterocycles. The molecule has 1 aromatic rings. The minimum Gasteiger partial charge on any atom is -0.494 e. The molecule has 0 unspecified atom stereocenters. The van der Waals surface area contributed by atoms with Gasteiger partial charge in [-0.2, -0.15) is 0 Å². The number of nitrogens with one attached hydrogen (secondary N) is 1. The normalized spacial score (nSPS) is 17.0. The van der Waals surface area contributed by atoms with Gasteiger partial charge in [0.1, 0.15) is 11.6 Å². The highest BCUT2D eigenvalue weighted by Gasteiger charge is 2.16. The molecule has 3 rings (SSSR count). The highest BCUT2D eigenvalue weighted by molar-refractivity contribution is 5.66. The maximum absolute atomic E-state index is 14.0. The summed E-state index contributed by atoms with van der Waals surface area (Å²) in [6.45, 7) is 2.00. The predicted molar refractivity (Wildman–Crippen MR) is 97.8 cm³/mol. The van der Waals surface area contributed by atoms with Gasteiger partial charge in [-0.15, -0.1) is 0 Å². The molecule has 3 heteroatoms. The summed E-state index contributed by atoms with van der Waals surface area (Å²) in [6, 6.07) is 3.05. The molecule has 0 spiro atoms. The molecule has 0 aliphatic heterocycles. The first kappa shape index (κ1) is 16.6. The lowest BCUT2D eigenvalue weighted by atomic mass is 9.91. The van der Waals surface area contributed by atoms with Crippen molar-refractivity contribution >= 4 is 5.69 Å². The van der Waals surface area contributed by atoms with E-state index >= 15 is 0 Å². The average Bonchev–Trinajstić information content (AvgIpc) is 2.62. The molecular weight excluding hydrogens is 301 g/mol. The van der Waals surface area contributed by atoms with Crippen molar-refractivity contribution in [3.05, 3.63) is 70.7 Å². The second-order valence-electron chi connectivity index (χ2n) is 6.10. The standard InChI is InChI=1S/C21H24FNO/c1-3-15-13-17(22)14-20(21(15)24-2)23-19-12-8-7-11-18(19)16-9-5-4-6-10-16/h5,8-10,12-14,23H,3-4,6-7,11H2,1-2H3. The van der Waals surface area contributed by atoms with E-state index in [4.69, 9.17) is 4.74 Å². The van der Waals surface area contributed by atoms with Crippen molar-refractivity contribution in [1.29, 1.82) is 0 Å².